The molecule has 12 rings (SSSR count). The average Bonchev–Trinajstić information content (AvgIpc) is 3.74. The lowest BCUT2D eigenvalue weighted by Gasteiger charge is -2.26. The van der Waals surface area contributed by atoms with E-state index in [1.54, 1.807) is 0 Å². The molecule has 2 heteroatoms. The predicted molar refractivity (Wildman–Crippen MR) is 301 cm³/mol. The van der Waals surface area contributed by atoms with Crippen LogP contribution in [-0.2, 0) is 16.2 Å². The second-order valence-electron chi connectivity index (χ2n) is 21.7. The first-order chi connectivity index (χ1) is 33.9. The molecule has 0 bridgehead atoms. The molecular formula is C68H58BN. The summed E-state index contributed by atoms with van der Waals surface area (Å²) < 4.78 is 0. The summed E-state index contributed by atoms with van der Waals surface area (Å²) in [6.07, 6.45) is 0. The van der Waals surface area contributed by atoms with Gasteiger partial charge in [-0.1, -0.05) is 235 Å². The fourth-order valence-corrected chi connectivity index (χ4v) is 11.9. The van der Waals surface area contributed by atoms with E-state index in [4.69, 9.17) is 0 Å². The van der Waals surface area contributed by atoms with E-state index in [0.717, 1.165) is 17.1 Å². The van der Waals surface area contributed by atoms with Crippen LogP contribution in [0.4, 0.5) is 17.1 Å². The second-order valence-corrected chi connectivity index (χ2v) is 21.7. The molecule has 0 fully saturated rings. The molecule has 70 heavy (non-hydrogen) atoms. The molecule has 0 saturated heterocycles. The first-order valence-electron chi connectivity index (χ1n) is 25.0. The van der Waals surface area contributed by atoms with Gasteiger partial charge in [-0.25, -0.2) is 0 Å². The van der Waals surface area contributed by atoms with Crippen LogP contribution in [0.3, 0.4) is 0 Å². The Kier molecular flexibility index (Phi) is 10.3. The van der Waals surface area contributed by atoms with Crippen LogP contribution in [0, 0.1) is 0 Å². The van der Waals surface area contributed by atoms with Gasteiger partial charge in [-0.15, -0.1) is 0 Å². The first-order valence-corrected chi connectivity index (χ1v) is 25.0. The summed E-state index contributed by atoms with van der Waals surface area (Å²) in [4.78, 5) is 2.32. The molecule has 0 radical (unpaired) electrons. The number of rotatable bonds is 8. The van der Waals surface area contributed by atoms with Crippen molar-refractivity contribution in [3.8, 4) is 44.5 Å². The number of nitrogens with zero attached hydrogens (tertiary/aromatic N) is 1. The highest BCUT2D eigenvalue weighted by molar-refractivity contribution is 6.96. The van der Waals surface area contributed by atoms with E-state index in [1.165, 1.54) is 99.5 Å². The summed E-state index contributed by atoms with van der Waals surface area (Å²) in [7, 11) is 0. The fourth-order valence-electron chi connectivity index (χ4n) is 11.9. The second kappa shape index (κ2) is 16.5. The van der Waals surface area contributed by atoms with Gasteiger partial charge >= 0.3 is 0 Å². The van der Waals surface area contributed by atoms with Crippen molar-refractivity contribution in [2.24, 2.45) is 0 Å². The lowest BCUT2D eigenvalue weighted by molar-refractivity contribution is 0.590. The lowest BCUT2D eigenvalue weighted by atomic mass is 9.36. The summed E-state index contributed by atoms with van der Waals surface area (Å²) in [5.41, 5.74) is 24.5. The highest BCUT2D eigenvalue weighted by atomic mass is 15.1. The predicted octanol–water partition coefficient (Wildman–Crippen LogP) is 16.1. The smallest absolute Gasteiger partial charge is 0.241 e. The molecule has 2 aliphatic carbocycles. The molecule has 2 aliphatic rings. The quantitative estimate of drug-likeness (QED) is 0.137. The molecule has 0 spiro atoms. The minimum atomic E-state index is -0.172. The van der Waals surface area contributed by atoms with Gasteiger partial charge in [0.1, 0.15) is 0 Å². The third-order valence-electron chi connectivity index (χ3n) is 15.8. The summed E-state index contributed by atoms with van der Waals surface area (Å²) in [5, 5.41) is 2.58. The van der Waals surface area contributed by atoms with Gasteiger partial charge in [0.25, 0.3) is 0 Å². The molecule has 1 nitrogen and oxygen atoms in total. The zero-order chi connectivity index (χ0) is 47.9. The normalized spacial score (nSPS) is 13.9. The molecule has 0 unspecified atom stereocenters. The third kappa shape index (κ3) is 7.15. The van der Waals surface area contributed by atoms with Crippen molar-refractivity contribution in [2.45, 2.75) is 64.7 Å². The molecule has 0 aromatic heterocycles. The largest absolute Gasteiger partial charge is 0.311 e. The minimum absolute atomic E-state index is 0.0966. The van der Waals surface area contributed by atoms with Crippen molar-refractivity contribution in [3.05, 3.63) is 252 Å². The Morgan fingerprint density at radius 3 is 1.40 bits per heavy atom. The van der Waals surface area contributed by atoms with E-state index in [-0.39, 0.29) is 23.0 Å². The Morgan fingerprint density at radius 2 is 0.814 bits per heavy atom. The van der Waals surface area contributed by atoms with Gasteiger partial charge in [0.2, 0.25) is 6.71 Å². The molecule has 10 aromatic carbocycles. The maximum Gasteiger partial charge on any atom is 0.241 e. The van der Waals surface area contributed by atoms with Gasteiger partial charge in [-0.05, 0) is 143 Å². The van der Waals surface area contributed by atoms with Crippen molar-refractivity contribution in [1.29, 1.82) is 0 Å². The zero-order valence-corrected chi connectivity index (χ0v) is 41.4. The first kappa shape index (κ1) is 43.6. The Hall–Kier alpha value is -7.68. The highest BCUT2D eigenvalue weighted by Gasteiger charge is 2.42. The molecule has 10 aromatic rings. The van der Waals surface area contributed by atoms with E-state index < -0.39 is 0 Å². The Morgan fingerprint density at radius 1 is 0.343 bits per heavy atom. The molecule has 0 N–H and O–H groups in total. The summed E-state index contributed by atoms with van der Waals surface area (Å²) in [6, 6.07) is 84.0. The monoisotopic (exact) mass is 899 g/mol. The van der Waals surface area contributed by atoms with Crippen LogP contribution < -0.4 is 21.3 Å². The minimum Gasteiger partial charge on any atom is -0.311 e. The van der Waals surface area contributed by atoms with Gasteiger partial charge in [0.05, 0.1) is 0 Å². The van der Waals surface area contributed by atoms with Crippen molar-refractivity contribution in [2.75, 3.05) is 4.90 Å². The molecule has 0 heterocycles. The van der Waals surface area contributed by atoms with E-state index >= 15 is 0 Å². The number of hydrogen-bond acceptors (Lipinski definition) is 1. The summed E-state index contributed by atoms with van der Waals surface area (Å²) >= 11 is 0. The standard InChI is InChI=1S/C68H58BN/c1-66(2,3)48-33-35-50(36-34-48)69(49-19-11-8-12-20-49)65-28-18-26-55-54(25-17-27-58(55)65)47-32-40-57-60-43-59-56-39-31-46(41-61(56)67(4,5)63(59)44-64(60)68(6,7)62(57)42-47)45-29-37-53(38-30-45)70(51-21-13-9-14-22-51)52-23-15-10-16-24-52/h8-44H,1-7H3. The van der Waals surface area contributed by atoms with E-state index in [9.17, 15) is 0 Å². The topological polar surface area (TPSA) is 3.24 Å². The van der Waals surface area contributed by atoms with Gasteiger partial charge in [-0.3, -0.25) is 0 Å². The van der Waals surface area contributed by atoms with E-state index in [2.05, 4.69) is 278 Å². The molecular weight excluding hydrogens is 842 g/mol. The Balaban J connectivity index is 0.889. The Labute approximate surface area is 415 Å². The SMILES string of the molecule is CC(C)(C)c1ccc(B(c2ccccc2)c2cccc3c(-c4ccc5c(c4)C(C)(C)c4cc6c(cc4-5)-c4ccc(-c5ccc(N(c7ccccc7)c7ccccc7)cc5)cc4C6(C)C)cccc23)cc1. The number of benzene rings is 10. The maximum atomic E-state index is 2.56. The van der Waals surface area contributed by atoms with E-state index in [1.807, 2.05) is 0 Å². The van der Waals surface area contributed by atoms with Crippen molar-refractivity contribution >= 4 is 50.9 Å². The summed E-state index contributed by atoms with van der Waals surface area (Å²) in [6.45, 7) is 16.7. The van der Waals surface area contributed by atoms with Crippen LogP contribution in [0.15, 0.2) is 224 Å². The molecule has 338 valence electrons. The van der Waals surface area contributed by atoms with Crippen molar-refractivity contribution < 1.29 is 0 Å². The molecule has 0 saturated carbocycles. The van der Waals surface area contributed by atoms with Gasteiger partial charge in [-0.2, -0.15) is 0 Å². The molecule has 0 amide bonds. The fraction of sp³-hybridized carbons (Fsp3) is 0.147. The van der Waals surface area contributed by atoms with Crippen molar-refractivity contribution in [1.82, 2.24) is 0 Å². The maximum absolute atomic E-state index is 2.56. The summed E-state index contributed by atoms with van der Waals surface area (Å²) in [5.74, 6) is 0. The van der Waals surface area contributed by atoms with Crippen LogP contribution in [0.2, 0.25) is 0 Å². The molecule has 0 aliphatic heterocycles. The van der Waals surface area contributed by atoms with Gasteiger partial charge < -0.3 is 4.90 Å². The lowest BCUT2D eigenvalue weighted by Crippen LogP contribution is -2.52. The molecule has 0 atom stereocenters. The van der Waals surface area contributed by atoms with Gasteiger partial charge in [0.15, 0.2) is 0 Å². The number of para-hydroxylation sites is 2. The number of hydrogen-bond donors (Lipinski definition) is 0. The average molecular weight is 900 g/mol. The highest BCUT2D eigenvalue weighted by Crippen LogP contribution is 2.57. The third-order valence-corrected chi connectivity index (χ3v) is 15.8. The van der Waals surface area contributed by atoms with E-state index in [0.29, 0.717) is 0 Å². The Bertz CT molecular complexity index is 3560. The van der Waals surface area contributed by atoms with Crippen LogP contribution in [0.5, 0.6) is 0 Å². The van der Waals surface area contributed by atoms with Crippen LogP contribution in [0.1, 0.15) is 76.3 Å². The van der Waals surface area contributed by atoms with Crippen molar-refractivity contribution in [3.63, 3.8) is 0 Å². The van der Waals surface area contributed by atoms with Crippen LogP contribution in [0.25, 0.3) is 55.3 Å². The number of fused-ring (bicyclic) bond motifs is 7. The number of anilines is 3. The zero-order valence-electron chi connectivity index (χ0n) is 41.4. The van der Waals surface area contributed by atoms with Gasteiger partial charge in [0, 0.05) is 27.9 Å². The van der Waals surface area contributed by atoms with Crippen LogP contribution >= 0.6 is 0 Å². The van der Waals surface area contributed by atoms with Crippen LogP contribution in [-0.4, -0.2) is 6.71 Å².